The first kappa shape index (κ1) is 17.5. The van der Waals surface area contributed by atoms with Crippen molar-refractivity contribution in [3.63, 3.8) is 0 Å². The molecule has 25 heavy (non-hydrogen) atoms. The molecule has 1 saturated heterocycles. The van der Waals surface area contributed by atoms with E-state index in [2.05, 4.69) is 12.2 Å². The molecule has 2 N–H and O–H groups in total. The van der Waals surface area contributed by atoms with Crippen LogP contribution in [0.3, 0.4) is 0 Å². The first-order valence-corrected chi connectivity index (χ1v) is 8.29. The Morgan fingerprint density at radius 2 is 2.00 bits per heavy atom. The van der Waals surface area contributed by atoms with E-state index in [1.165, 1.54) is 0 Å². The number of benzene rings is 2. The second-order valence-electron chi connectivity index (χ2n) is 6.75. The van der Waals surface area contributed by atoms with Crippen molar-refractivity contribution in [1.82, 2.24) is 5.32 Å². The van der Waals surface area contributed by atoms with Gasteiger partial charge >= 0.3 is 0 Å². The molecule has 0 saturated carbocycles. The largest absolute Gasteiger partial charge is 0.496 e. The van der Waals surface area contributed by atoms with Crippen molar-refractivity contribution in [2.75, 3.05) is 26.9 Å². The highest BCUT2D eigenvalue weighted by Gasteiger charge is 2.33. The SMILES string of the molecule is COc1ccc(-c2cccc(C(=O)NCC3(C)COC3)c2)cc1CO. The van der Waals surface area contributed by atoms with Crippen LogP contribution < -0.4 is 10.1 Å². The van der Waals surface area contributed by atoms with Gasteiger partial charge in [-0.3, -0.25) is 4.79 Å². The number of carbonyl (C=O) groups is 1. The van der Waals surface area contributed by atoms with Crippen molar-refractivity contribution in [1.29, 1.82) is 0 Å². The highest BCUT2D eigenvalue weighted by atomic mass is 16.5. The molecule has 0 radical (unpaired) electrons. The topological polar surface area (TPSA) is 67.8 Å². The summed E-state index contributed by atoms with van der Waals surface area (Å²) in [7, 11) is 1.58. The second-order valence-corrected chi connectivity index (χ2v) is 6.75. The summed E-state index contributed by atoms with van der Waals surface area (Å²) in [5.74, 6) is 0.557. The number of amides is 1. The highest BCUT2D eigenvalue weighted by molar-refractivity contribution is 5.95. The number of rotatable bonds is 6. The molecule has 5 nitrogen and oxygen atoms in total. The van der Waals surface area contributed by atoms with E-state index in [9.17, 15) is 9.90 Å². The van der Waals surface area contributed by atoms with Crippen LogP contribution in [0.2, 0.25) is 0 Å². The number of hydrogen-bond acceptors (Lipinski definition) is 4. The molecule has 1 amide bonds. The van der Waals surface area contributed by atoms with Crippen LogP contribution in [0.5, 0.6) is 5.75 Å². The summed E-state index contributed by atoms with van der Waals surface area (Å²) in [6, 6.07) is 13.1. The molecule has 132 valence electrons. The molecule has 0 unspecified atom stereocenters. The number of carbonyl (C=O) groups excluding carboxylic acids is 1. The maximum absolute atomic E-state index is 12.4. The fourth-order valence-electron chi connectivity index (χ4n) is 2.87. The van der Waals surface area contributed by atoms with E-state index in [0.29, 0.717) is 36.6 Å². The number of hydrogen-bond donors (Lipinski definition) is 2. The van der Waals surface area contributed by atoms with Gasteiger partial charge in [0.05, 0.1) is 26.9 Å². The summed E-state index contributed by atoms with van der Waals surface area (Å²) in [6.45, 7) is 3.97. The molecular formula is C20H23NO4. The monoisotopic (exact) mass is 341 g/mol. The summed E-state index contributed by atoms with van der Waals surface area (Å²) in [5, 5.41) is 12.5. The third-order valence-electron chi connectivity index (χ3n) is 4.49. The normalized spacial score (nSPS) is 15.3. The Labute approximate surface area is 147 Å². The molecule has 0 aromatic heterocycles. The lowest BCUT2D eigenvalue weighted by Crippen LogP contribution is -2.48. The maximum Gasteiger partial charge on any atom is 0.251 e. The number of aliphatic hydroxyl groups is 1. The molecular weight excluding hydrogens is 318 g/mol. The van der Waals surface area contributed by atoms with Gasteiger partial charge in [0.15, 0.2) is 0 Å². The quantitative estimate of drug-likeness (QED) is 0.847. The van der Waals surface area contributed by atoms with Crippen LogP contribution >= 0.6 is 0 Å². The van der Waals surface area contributed by atoms with Crippen molar-refractivity contribution in [3.8, 4) is 16.9 Å². The fourth-order valence-corrected chi connectivity index (χ4v) is 2.87. The van der Waals surface area contributed by atoms with E-state index in [1.54, 1.807) is 13.2 Å². The molecule has 2 aromatic carbocycles. The summed E-state index contributed by atoms with van der Waals surface area (Å²) in [5.41, 5.74) is 3.22. The number of nitrogens with one attached hydrogen (secondary N) is 1. The minimum Gasteiger partial charge on any atom is -0.496 e. The smallest absolute Gasteiger partial charge is 0.251 e. The van der Waals surface area contributed by atoms with Crippen LogP contribution in [0, 0.1) is 5.41 Å². The zero-order valence-electron chi connectivity index (χ0n) is 14.5. The van der Waals surface area contributed by atoms with E-state index >= 15 is 0 Å². The van der Waals surface area contributed by atoms with E-state index in [0.717, 1.165) is 11.1 Å². The maximum atomic E-state index is 12.4. The Hall–Kier alpha value is -2.37. The number of ether oxygens (including phenoxy) is 2. The highest BCUT2D eigenvalue weighted by Crippen LogP contribution is 2.28. The van der Waals surface area contributed by atoms with Crippen LogP contribution in [0.1, 0.15) is 22.8 Å². The van der Waals surface area contributed by atoms with E-state index in [-0.39, 0.29) is 17.9 Å². The Kier molecular flexibility index (Phi) is 5.06. The van der Waals surface area contributed by atoms with Gasteiger partial charge in [-0.2, -0.15) is 0 Å². The van der Waals surface area contributed by atoms with Gasteiger partial charge in [-0.1, -0.05) is 25.1 Å². The van der Waals surface area contributed by atoms with Crippen molar-refractivity contribution < 1.29 is 19.4 Å². The zero-order valence-corrected chi connectivity index (χ0v) is 14.5. The average molecular weight is 341 g/mol. The van der Waals surface area contributed by atoms with Crippen molar-refractivity contribution in [3.05, 3.63) is 53.6 Å². The average Bonchev–Trinajstić information content (AvgIpc) is 2.64. The minimum atomic E-state index is -0.0994. The van der Waals surface area contributed by atoms with Gasteiger partial charge in [0.2, 0.25) is 0 Å². The molecule has 1 aliphatic heterocycles. The van der Waals surface area contributed by atoms with Gasteiger partial charge in [0, 0.05) is 23.1 Å². The molecule has 0 spiro atoms. The van der Waals surface area contributed by atoms with E-state index < -0.39 is 0 Å². The molecule has 0 bridgehead atoms. The molecule has 2 aromatic rings. The molecule has 5 heteroatoms. The Balaban J connectivity index is 1.78. The van der Waals surface area contributed by atoms with Gasteiger partial charge in [-0.15, -0.1) is 0 Å². The molecule has 3 rings (SSSR count). The van der Waals surface area contributed by atoms with Crippen LogP contribution in [-0.4, -0.2) is 37.9 Å². The molecule has 1 aliphatic rings. The summed E-state index contributed by atoms with van der Waals surface area (Å²) < 4.78 is 10.4. The number of methoxy groups -OCH3 is 1. The third kappa shape index (κ3) is 3.83. The van der Waals surface area contributed by atoms with E-state index in [1.807, 2.05) is 36.4 Å². The van der Waals surface area contributed by atoms with Gasteiger partial charge in [-0.05, 0) is 35.4 Å². The molecule has 1 fully saturated rings. The zero-order chi connectivity index (χ0) is 17.9. The van der Waals surface area contributed by atoms with Crippen molar-refractivity contribution in [2.24, 2.45) is 5.41 Å². The standard InChI is InChI=1S/C20H23NO4/c1-20(12-25-13-20)11-21-19(23)16-5-3-4-14(8-16)15-6-7-18(24-2)17(9-15)10-22/h3-9,22H,10-13H2,1-2H3,(H,21,23). The second kappa shape index (κ2) is 7.25. The van der Waals surface area contributed by atoms with Crippen molar-refractivity contribution >= 4 is 5.91 Å². The fraction of sp³-hybridized carbons (Fsp3) is 0.350. The van der Waals surface area contributed by atoms with Crippen LogP contribution in [0.15, 0.2) is 42.5 Å². The van der Waals surface area contributed by atoms with Crippen molar-refractivity contribution in [2.45, 2.75) is 13.5 Å². The van der Waals surface area contributed by atoms with Crippen LogP contribution in [-0.2, 0) is 11.3 Å². The Bertz CT molecular complexity index is 768. The first-order chi connectivity index (χ1) is 12.0. The first-order valence-electron chi connectivity index (χ1n) is 8.29. The van der Waals surface area contributed by atoms with Gasteiger partial charge < -0.3 is 19.9 Å². The molecule has 0 atom stereocenters. The van der Waals surface area contributed by atoms with Gasteiger partial charge in [-0.25, -0.2) is 0 Å². The van der Waals surface area contributed by atoms with Crippen LogP contribution in [0.25, 0.3) is 11.1 Å². The summed E-state index contributed by atoms with van der Waals surface area (Å²) in [4.78, 5) is 12.4. The molecule has 0 aliphatic carbocycles. The summed E-state index contributed by atoms with van der Waals surface area (Å²) >= 11 is 0. The lowest BCUT2D eigenvalue weighted by molar-refractivity contribution is -0.0978. The van der Waals surface area contributed by atoms with Gasteiger partial charge in [0.25, 0.3) is 5.91 Å². The third-order valence-corrected chi connectivity index (χ3v) is 4.49. The number of aliphatic hydroxyl groups excluding tert-OH is 1. The predicted molar refractivity (Wildman–Crippen MR) is 95.6 cm³/mol. The van der Waals surface area contributed by atoms with Crippen LogP contribution in [0.4, 0.5) is 0 Å². The Morgan fingerprint density at radius 1 is 1.24 bits per heavy atom. The lowest BCUT2D eigenvalue weighted by atomic mass is 9.88. The van der Waals surface area contributed by atoms with Gasteiger partial charge in [0.1, 0.15) is 5.75 Å². The molecule has 1 heterocycles. The minimum absolute atomic E-state index is 0.0410. The Morgan fingerprint density at radius 3 is 2.64 bits per heavy atom. The summed E-state index contributed by atoms with van der Waals surface area (Å²) in [6.07, 6.45) is 0. The lowest BCUT2D eigenvalue weighted by Gasteiger charge is -2.38. The van der Waals surface area contributed by atoms with E-state index in [4.69, 9.17) is 9.47 Å². The predicted octanol–water partition coefficient (Wildman–Crippen LogP) is 2.62.